The van der Waals surface area contributed by atoms with E-state index in [2.05, 4.69) is 30.1 Å². The SMILES string of the molecule is CC(=O)c1ccc(-c2nc(-c3nc(N)nc(N(C)c4ccccc4)n3)no2)nc1. The summed E-state index contributed by atoms with van der Waals surface area (Å²) in [5.41, 5.74) is 7.66. The van der Waals surface area contributed by atoms with Gasteiger partial charge in [-0.15, -0.1) is 0 Å². The number of para-hydroxylation sites is 1. The van der Waals surface area contributed by atoms with Crippen molar-refractivity contribution in [2.45, 2.75) is 6.92 Å². The lowest BCUT2D eigenvalue weighted by atomic mass is 10.2. The Labute approximate surface area is 165 Å². The van der Waals surface area contributed by atoms with Gasteiger partial charge in [0.2, 0.25) is 23.5 Å². The maximum Gasteiger partial charge on any atom is 0.276 e. The van der Waals surface area contributed by atoms with Crippen LogP contribution >= 0.6 is 0 Å². The van der Waals surface area contributed by atoms with Gasteiger partial charge in [-0.3, -0.25) is 9.78 Å². The molecule has 10 heteroatoms. The van der Waals surface area contributed by atoms with Crippen LogP contribution in [0.4, 0.5) is 17.6 Å². The van der Waals surface area contributed by atoms with Crippen LogP contribution in [0.2, 0.25) is 0 Å². The molecule has 29 heavy (non-hydrogen) atoms. The largest absolute Gasteiger partial charge is 0.368 e. The minimum atomic E-state index is -0.0778. The molecule has 0 bridgehead atoms. The molecule has 3 heterocycles. The number of carbonyl (C=O) groups is 1. The van der Waals surface area contributed by atoms with Crippen LogP contribution in [-0.4, -0.2) is 42.9 Å². The lowest BCUT2D eigenvalue weighted by Gasteiger charge is -2.17. The molecule has 0 radical (unpaired) electrons. The van der Waals surface area contributed by atoms with Crippen LogP contribution < -0.4 is 10.6 Å². The van der Waals surface area contributed by atoms with E-state index in [1.54, 1.807) is 17.0 Å². The average molecular weight is 388 g/mol. The molecule has 0 aliphatic heterocycles. The molecule has 4 rings (SSSR count). The van der Waals surface area contributed by atoms with Crippen molar-refractivity contribution >= 4 is 23.4 Å². The second-order valence-corrected chi connectivity index (χ2v) is 6.12. The molecule has 0 fully saturated rings. The number of hydrogen-bond donors (Lipinski definition) is 1. The maximum absolute atomic E-state index is 11.4. The Kier molecular flexibility index (Phi) is 4.65. The molecule has 10 nitrogen and oxygen atoms in total. The molecule has 0 spiro atoms. The summed E-state index contributed by atoms with van der Waals surface area (Å²) in [5, 5.41) is 3.91. The van der Waals surface area contributed by atoms with Crippen molar-refractivity contribution in [2.24, 2.45) is 0 Å². The van der Waals surface area contributed by atoms with Crippen LogP contribution in [0, 0.1) is 0 Å². The van der Waals surface area contributed by atoms with Crippen LogP contribution in [0.15, 0.2) is 53.2 Å². The molecular formula is C19H16N8O2. The predicted octanol–water partition coefficient (Wildman–Crippen LogP) is 2.54. The minimum Gasteiger partial charge on any atom is -0.368 e. The van der Waals surface area contributed by atoms with Crippen molar-refractivity contribution in [3.63, 3.8) is 0 Å². The summed E-state index contributed by atoms with van der Waals surface area (Å²) < 4.78 is 5.27. The summed E-state index contributed by atoms with van der Waals surface area (Å²) in [6, 6.07) is 12.8. The minimum absolute atomic E-state index is 0.0306. The molecule has 0 atom stereocenters. The van der Waals surface area contributed by atoms with Crippen LogP contribution in [0.25, 0.3) is 23.2 Å². The second kappa shape index (κ2) is 7.43. The molecule has 0 saturated heterocycles. The Balaban J connectivity index is 1.66. The van der Waals surface area contributed by atoms with Gasteiger partial charge in [0.05, 0.1) is 0 Å². The van der Waals surface area contributed by atoms with Crippen molar-refractivity contribution in [1.29, 1.82) is 0 Å². The number of rotatable bonds is 5. The molecule has 0 amide bonds. The first kappa shape index (κ1) is 18.2. The zero-order chi connectivity index (χ0) is 20.4. The first-order chi connectivity index (χ1) is 14.0. The van der Waals surface area contributed by atoms with Crippen molar-refractivity contribution < 1.29 is 9.32 Å². The number of benzene rings is 1. The number of ketones is 1. The monoisotopic (exact) mass is 388 g/mol. The first-order valence-electron chi connectivity index (χ1n) is 8.63. The molecule has 3 aromatic heterocycles. The van der Waals surface area contributed by atoms with Gasteiger partial charge in [0, 0.05) is 24.5 Å². The summed E-state index contributed by atoms with van der Waals surface area (Å²) in [6.07, 6.45) is 1.45. The Hall–Kier alpha value is -4.21. The van der Waals surface area contributed by atoms with Crippen molar-refractivity contribution in [2.75, 3.05) is 17.7 Å². The third kappa shape index (κ3) is 3.76. The van der Waals surface area contributed by atoms with Gasteiger partial charge in [-0.1, -0.05) is 23.4 Å². The number of nitrogens with zero attached hydrogens (tertiary/aromatic N) is 7. The molecule has 2 N–H and O–H groups in total. The van der Waals surface area contributed by atoms with E-state index in [9.17, 15) is 4.79 Å². The maximum atomic E-state index is 11.4. The van der Waals surface area contributed by atoms with Gasteiger partial charge in [0.15, 0.2) is 5.78 Å². The van der Waals surface area contributed by atoms with Crippen LogP contribution in [0.1, 0.15) is 17.3 Å². The van der Waals surface area contributed by atoms with E-state index in [4.69, 9.17) is 10.3 Å². The van der Waals surface area contributed by atoms with Crippen molar-refractivity contribution in [3.8, 4) is 23.2 Å². The number of anilines is 3. The van der Waals surface area contributed by atoms with Crippen molar-refractivity contribution in [3.05, 3.63) is 54.2 Å². The van der Waals surface area contributed by atoms with E-state index >= 15 is 0 Å². The lowest BCUT2D eigenvalue weighted by Crippen LogP contribution is -2.15. The third-order valence-electron chi connectivity index (χ3n) is 4.10. The Morgan fingerprint density at radius 1 is 1.00 bits per heavy atom. The Bertz CT molecular complexity index is 1160. The first-order valence-corrected chi connectivity index (χ1v) is 8.63. The highest BCUT2D eigenvalue weighted by atomic mass is 16.5. The van der Waals surface area contributed by atoms with Gasteiger partial charge >= 0.3 is 0 Å². The van der Waals surface area contributed by atoms with E-state index in [0.717, 1.165) is 5.69 Å². The number of nitrogen functional groups attached to an aromatic ring is 1. The predicted molar refractivity (Wildman–Crippen MR) is 105 cm³/mol. The number of nitrogens with two attached hydrogens (primary N) is 1. The summed E-state index contributed by atoms with van der Waals surface area (Å²) in [7, 11) is 1.82. The zero-order valence-electron chi connectivity index (χ0n) is 15.6. The molecule has 0 aliphatic rings. The van der Waals surface area contributed by atoms with Gasteiger partial charge in [-0.2, -0.15) is 19.9 Å². The van der Waals surface area contributed by atoms with E-state index in [1.807, 2.05) is 37.4 Å². The zero-order valence-corrected chi connectivity index (χ0v) is 15.6. The highest BCUT2D eigenvalue weighted by molar-refractivity contribution is 5.93. The average Bonchev–Trinajstić information content (AvgIpc) is 3.24. The van der Waals surface area contributed by atoms with Gasteiger partial charge < -0.3 is 15.2 Å². The quantitative estimate of drug-likeness (QED) is 0.508. The Morgan fingerprint density at radius 3 is 2.48 bits per heavy atom. The van der Waals surface area contributed by atoms with Crippen LogP contribution in [0.5, 0.6) is 0 Å². The summed E-state index contributed by atoms with van der Waals surface area (Å²) >= 11 is 0. The number of aromatic nitrogens is 6. The number of hydrogen-bond acceptors (Lipinski definition) is 10. The standard InChI is InChI=1S/C19H16N8O2/c1-11(28)12-8-9-14(21-10-12)17-22-16(26-29-17)15-23-18(20)25-19(24-15)27(2)13-6-4-3-5-7-13/h3-10H,1-2H3,(H2,20,23,24,25). The number of carbonyl (C=O) groups excluding carboxylic acids is 1. The van der Waals surface area contributed by atoms with E-state index < -0.39 is 0 Å². The molecule has 0 saturated carbocycles. The summed E-state index contributed by atoms with van der Waals surface area (Å²) in [6.45, 7) is 1.47. The molecular weight excluding hydrogens is 372 g/mol. The van der Waals surface area contributed by atoms with Gasteiger partial charge in [0.25, 0.3) is 5.89 Å². The van der Waals surface area contributed by atoms with Gasteiger partial charge in [-0.05, 0) is 31.2 Å². The fraction of sp³-hybridized carbons (Fsp3) is 0.105. The smallest absolute Gasteiger partial charge is 0.276 e. The van der Waals surface area contributed by atoms with Crippen LogP contribution in [0.3, 0.4) is 0 Å². The topological polar surface area (TPSA) is 137 Å². The lowest BCUT2D eigenvalue weighted by molar-refractivity contribution is 0.101. The Morgan fingerprint density at radius 2 is 1.79 bits per heavy atom. The molecule has 0 unspecified atom stereocenters. The summed E-state index contributed by atoms with van der Waals surface area (Å²) in [4.78, 5) is 34.3. The summed E-state index contributed by atoms with van der Waals surface area (Å²) in [5.74, 6) is 0.787. The number of pyridine rings is 1. The third-order valence-corrected chi connectivity index (χ3v) is 4.10. The van der Waals surface area contributed by atoms with Gasteiger partial charge in [0.1, 0.15) is 5.69 Å². The fourth-order valence-corrected chi connectivity index (χ4v) is 2.54. The van der Waals surface area contributed by atoms with Gasteiger partial charge in [-0.25, -0.2) is 0 Å². The highest BCUT2D eigenvalue weighted by Gasteiger charge is 2.18. The number of Topliss-reactive ketones (excluding diaryl/α,β-unsaturated/α-hetero) is 1. The highest BCUT2D eigenvalue weighted by Crippen LogP contribution is 2.23. The molecule has 0 aliphatic carbocycles. The van der Waals surface area contributed by atoms with E-state index in [0.29, 0.717) is 17.2 Å². The van der Waals surface area contributed by atoms with Crippen molar-refractivity contribution in [1.82, 2.24) is 30.1 Å². The fourth-order valence-electron chi connectivity index (χ4n) is 2.54. The normalized spacial score (nSPS) is 10.7. The second-order valence-electron chi connectivity index (χ2n) is 6.12. The molecule has 144 valence electrons. The molecule has 1 aromatic carbocycles. The van der Waals surface area contributed by atoms with E-state index in [-0.39, 0.29) is 29.3 Å². The van der Waals surface area contributed by atoms with E-state index in [1.165, 1.54) is 13.1 Å². The van der Waals surface area contributed by atoms with Crippen LogP contribution in [-0.2, 0) is 0 Å². The molecule has 4 aromatic rings.